The highest BCUT2D eigenvalue weighted by Gasteiger charge is 2.18. The third kappa shape index (κ3) is 3.15. The molecule has 0 bridgehead atoms. The van der Waals surface area contributed by atoms with Crippen LogP contribution in [-0.2, 0) is 4.74 Å². The average molecular weight is 250 g/mol. The number of methoxy groups -OCH3 is 1. The summed E-state index contributed by atoms with van der Waals surface area (Å²) in [5.74, 6) is -0.409. The van der Waals surface area contributed by atoms with E-state index < -0.39 is 5.97 Å². The SMILES string of the molecule is CCC(C)(C)Nc1cc(C)c(N)c(C(=O)OC)c1. The van der Waals surface area contributed by atoms with Crippen LogP contribution in [0.2, 0.25) is 0 Å². The minimum Gasteiger partial charge on any atom is -0.465 e. The molecule has 0 fully saturated rings. The van der Waals surface area contributed by atoms with Crippen LogP contribution in [0.1, 0.15) is 43.1 Å². The number of nitrogens with one attached hydrogen (secondary N) is 1. The minimum absolute atomic E-state index is 0.0318. The number of rotatable bonds is 4. The molecule has 0 unspecified atom stereocenters. The molecule has 0 spiro atoms. The highest BCUT2D eigenvalue weighted by Crippen LogP contribution is 2.26. The lowest BCUT2D eigenvalue weighted by molar-refractivity contribution is 0.0602. The lowest BCUT2D eigenvalue weighted by Crippen LogP contribution is -2.29. The molecular formula is C14H22N2O2. The van der Waals surface area contributed by atoms with Crippen molar-refractivity contribution in [2.45, 2.75) is 39.7 Å². The molecule has 0 aliphatic rings. The second kappa shape index (κ2) is 5.29. The van der Waals surface area contributed by atoms with E-state index in [1.54, 1.807) is 6.07 Å². The molecule has 100 valence electrons. The largest absolute Gasteiger partial charge is 0.465 e. The lowest BCUT2D eigenvalue weighted by atomic mass is 10.00. The fourth-order valence-electron chi connectivity index (χ4n) is 1.63. The zero-order chi connectivity index (χ0) is 13.9. The Morgan fingerprint density at radius 3 is 2.56 bits per heavy atom. The maximum atomic E-state index is 11.6. The molecule has 0 heterocycles. The molecule has 0 atom stereocenters. The van der Waals surface area contributed by atoms with Gasteiger partial charge in [-0.3, -0.25) is 0 Å². The molecule has 1 aromatic rings. The van der Waals surface area contributed by atoms with Crippen LogP contribution in [0.4, 0.5) is 11.4 Å². The standard InChI is InChI=1S/C14H22N2O2/c1-6-14(3,4)16-10-7-9(2)12(15)11(8-10)13(17)18-5/h7-8,16H,6,15H2,1-5H3. The van der Waals surface area contributed by atoms with Crippen LogP contribution in [0.15, 0.2) is 12.1 Å². The summed E-state index contributed by atoms with van der Waals surface area (Å²) >= 11 is 0. The minimum atomic E-state index is -0.409. The van der Waals surface area contributed by atoms with Crippen LogP contribution in [0.5, 0.6) is 0 Å². The summed E-state index contributed by atoms with van der Waals surface area (Å²) in [6.45, 7) is 8.21. The first-order chi connectivity index (χ1) is 8.30. The highest BCUT2D eigenvalue weighted by molar-refractivity contribution is 5.97. The molecule has 1 rings (SSSR count). The van der Waals surface area contributed by atoms with Gasteiger partial charge in [0.05, 0.1) is 12.7 Å². The van der Waals surface area contributed by atoms with Gasteiger partial charge < -0.3 is 15.8 Å². The summed E-state index contributed by atoms with van der Waals surface area (Å²) in [5, 5.41) is 3.39. The maximum Gasteiger partial charge on any atom is 0.340 e. The molecular weight excluding hydrogens is 228 g/mol. The molecule has 18 heavy (non-hydrogen) atoms. The van der Waals surface area contributed by atoms with Gasteiger partial charge in [-0.2, -0.15) is 0 Å². The monoisotopic (exact) mass is 250 g/mol. The topological polar surface area (TPSA) is 64.3 Å². The molecule has 0 aliphatic carbocycles. The first-order valence-corrected chi connectivity index (χ1v) is 6.07. The third-order valence-electron chi connectivity index (χ3n) is 3.16. The van der Waals surface area contributed by atoms with E-state index in [1.165, 1.54) is 7.11 Å². The van der Waals surface area contributed by atoms with E-state index in [0.717, 1.165) is 17.7 Å². The Bertz CT molecular complexity index is 453. The van der Waals surface area contributed by atoms with Crippen molar-refractivity contribution < 1.29 is 9.53 Å². The van der Waals surface area contributed by atoms with Crippen molar-refractivity contribution in [1.82, 2.24) is 0 Å². The zero-order valence-electron chi connectivity index (χ0n) is 11.8. The van der Waals surface area contributed by atoms with Gasteiger partial charge in [0, 0.05) is 16.9 Å². The first kappa shape index (κ1) is 14.4. The quantitative estimate of drug-likeness (QED) is 0.637. The van der Waals surface area contributed by atoms with Crippen molar-refractivity contribution >= 4 is 17.3 Å². The number of aryl methyl sites for hydroxylation is 1. The number of carbonyl (C=O) groups is 1. The molecule has 0 amide bonds. The predicted octanol–water partition coefficient (Wildman–Crippen LogP) is 2.96. The molecule has 0 saturated heterocycles. The van der Waals surface area contributed by atoms with Gasteiger partial charge in [-0.25, -0.2) is 4.79 Å². The Morgan fingerprint density at radius 2 is 2.06 bits per heavy atom. The number of anilines is 2. The van der Waals surface area contributed by atoms with Crippen LogP contribution < -0.4 is 11.1 Å². The van der Waals surface area contributed by atoms with Crippen molar-refractivity contribution in [2.75, 3.05) is 18.2 Å². The Balaban J connectivity index is 3.16. The molecule has 4 heteroatoms. The van der Waals surface area contributed by atoms with E-state index in [-0.39, 0.29) is 5.54 Å². The van der Waals surface area contributed by atoms with E-state index in [2.05, 4.69) is 26.1 Å². The normalized spacial score (nSPS) is 11.2. The number of hydrogen-bond acceptors (Lipinski definition) is 4. The van der Waals surface area contributed by atoms with Crippen molar-refractivity contribution in [2.24, 2.45) is 0 Å². The summed E-state index contributed by atoms with van der Waals surface area (Å²) in [4.78, 5) is 11.6. The van der Waals surface area contributed by atoms with Crippen LogP contribution >= 0.6 is 0 Å². The summed E-state index contributed by atoms with van der Waals surface area (Å²) < 4.78 is 4.74. The van der Waals surface area contributed by atoms with Gasteiger partial charge in [0.25, 0.3) is 0 Å². The first-order valence-electron chi connectivity index (χ1n) is 6.07. The van der Waals surface area contributed by atoms with Gasteiger partial charge in [-0.15, -0.1) is 0 Å². The summed E-state index contributed by atoms with van der Waals surface area (Å²) in [6.07, 6.45) is 0.976. The number of benzene rings is 1. The molecule has 3 N–H and O–H groups in total. The molecule has 4 nitrogen and oxygen atoms in total. The Hall–Kier alpha value is -1.71. The molecule has 0 radical (unpaired) electrons. The number of nitrogen functional groups attached to an aromatic ring is 1. The number of nitrogens with two attached hydrogens (primary N) is 1. The predicted molar refractivity (Wildman–Crippen MR) is 74.9 cm³/mol. The highest BCUT2D eigenvalue weighted by atomic mass is 16.5. The van der Waals surface area contributed by atoms with Gasteiger partial charge in [0.1, 0.15) is 0 Å². The second-order valence-corrected chi connectivity index (χ2v) is 5.11. The van der Waals surface area contributed by atoms with Gasteiger partial charge in [-0.1, -0.05) is 6.92 Å². The molecule has 1 aromatic carbocycles. The van der Waals surface area contributed by atoms with Crippen molar-refractivity contribution in [3.05, 3.63) is 23.3 Å². The maximum absolute atomic E-state index is 11.6. The Labute approximate surface area is 109 Å². The van der Waals surface area contributed by atoms with E-state index in [0.29, 0.717) is 11.3 Å². The Morgan fingerprint density at radius 1 is 1.44 bits per heavy atom. The average Bonchev–Trinajstić information content (AvgIpc) is 2.32. The van der Waals surface area contributed by atoms with Gasteiger partial charge in [0.15, 0.2) is 0 Å². The fourth-order valence-corrected chi connectivity index (χ4v) is 1.63. The number of ether oxygens (including phenoxy) is 1. The van der Waals surface area contributed by atoms with Gasteiger partial charge >= 0.3 is 5.97 Å². The number of esters is 1. The number of carbonyl (C=O) groups excluding carboxylic acids is 1. The third-order valence-corrected chi connectivity index (χ3v) is 3.16. The number of hydrogen-bond donors (Lipinski definition) is 2. The lowest BCUT2D eigenvalue weighted by Gasteiger charge is -2.26. The molecule has 0 aromatic heterocycles. The van der Waals surface area contributed by atoms with Crippen molar-refractivity contribution in [3.63, 3.8) is 0 Å². The summed E-state index contributed by atoms with van der Waals surface area (Å²) in [5.41, 5.74) is 8.50. The van der Waals surface area contributed by atoms with Crippen LogP contribution in [0.3, 0.4) is 0 Å². The zero-order valence-corrected chi connectivity index (χ0v) is 11.8. The van der Waals surface area contributed by atoms with Crippen LogP contribution in [-0.4, -0.2) is 18.6 Å². The van der Waals surface area contributed by atoms with E-state index in [4.69, 9.17) is 10.5 Å². The summed E-state index contributed by atoms with van der Waals surface area (Å²) in [7, 11) is 1.35. The van der Waals surface area contributed by atoms with Gasteiger partial charge in [-0.05, 0) is 44.9 Å². The molecule has 0 saturated carbocycles. The fraction of sp³-hybridized carbons (Fsp3) is 0.500. The van der Waals surface area contributed by atoms with Gasteiger partial charge in [0.2, 0.25) is 0 Å². The van der Waals surface area contributed by atoms with Crippen LogP contribution in [0.25, 0.3) is 0 Å². The van der Waals surface area contributed by atoms with E-state index >= 15 is 0 Å². The van der Waals surface area contributed by atoms with Crippen molar-refractivity contribution in [3.8, 4) is 0 Å². The van der Waals surface area contributed by atoms with E-state index in [9.17, 15) is 4.79 Å². The Kier molecular flexibility index (Phi) is 4.22. The second-order valence-electron chi connectivity index (χ2n) is 5.11. The van der Waals surface area contributed by atoms with Crippen molar-refractivity contribution in [1.29, 1.82) is 0 Å². The van der Waals surface area contributed by atoms with Crippen LogP contribution in [0, 0.1) is 6.92 Å². The summed E-state index contributed by atoms with van der Waals surface area (Å²) in [6, 6.07) is 3.69. The smallest absolute Gasteiger partial charge is 0.340 e. The molecule has 0 aliphatic heterocycles. The van der Waals surface area contributed by atoms with E-state index in [1.807, 2.05) is 13.0 Å².